The van der Waals surface area contributed by atoms with Crippen LogP contribution in [-0.4, -0.2) is 25.3 Å². The Morgan fingerprint density at radius 2 is 2.00 bits per heavy atom. The molecular formula is C8H9F3N2O2S. The van der Waals surface area contributed by atoms with E-state index in [-0.39, 0.29) is 10.6 Å². The number of hydrogen-bond donors (Lipinski definition) is 1. The Morgan fingerprint density at radius 1 is 1.38 bits per heavy atom. The van der Waals surface area contributed by atoms with Gasteiger partial charge in [0.2, 0.25) is 0 Å². The highest BCUT2D eigenvalue weighted by molar-refractivity contribution is 7.91. The largest absolute Gasteiger partial charge is 0.396 e. The Hall–Kier alpha value is -1.31. The first-order valence-electron chi connectivity index (χ1n) is 4.21. The third kappa shape index (κ3) is 3.37. The molecule has 1 heterocycles. The molecular weight excluding hydrogens is 245 g/mol. The maximum atomic E-state index is 11.9. The van der Waals surface area contributed by atoms with Crippen LogP contribution in [0.5, 0.6) is 0 Å². The third-order valence-corrected chi connectivity index (χ3v) is 3.58. The zero-order chi connectivity index (χ0) is 12.4. The highest BCUT2D eigenvalue weighted by atomic mass is 32.2. The number of aromatic nitrogens is 1. The van der Waals surface area contributed by atoms with E-state index in [1.807, 2.05) is 0 Å². The fourth-order valence-corrected chi connectivity index (χ4v) is 2.44. The number of halogens is 3. The van der Waals surface area contributed by atoms with Crippen molar-refractivity contribution in [1.82, 2.24) is 4.98 Å². The fraction of sp³-hybridized carbons (Fsp3) is 0.375. The molecule has 2 N–H and O–H groups in total. The molecule has 0 saturated heterocycles. The summed E-state index contributed by atoms with van der Waals surface area (Å²) in [5, 5.41) is 0. The van der Waals surface area contributed by atoms with Gasteiger partial charge in [0.1, 0.15) is 0 Å². The predicted molar refractivity (Wildman–Crippen MR) is 51.4 cm³/mol. The van der Waals surface area contributed by atoms with Gasteiger partial charge >= 0.3 is 6.18 Å². The van der Waals surface area contributed by atoms with Crippen LogP contribution in [0.2, 0.25) is 0 Å². The molecule has 0 spiro atoms. The van der Waals surface area contributed by atoms with E-state index in [2.05, 4.69) is 4.98 Å². The summed E-state index contributed by atoms with van der Waals surface area (Å²) in [7, 11) is -4.01. The van der Waals surface area contributed by atoms with Crippen LogP contribution in [0, 0.1) is 0 Å². The van der Waals surface area contributed by atoms with Crippen LogP contribution >= 0.6 is 0 Å². The Balaban J connectivity index is 2.92. The lowest BCUT2D eigenvalue weighted by atomic mass is 10.4. The normalized spacial score (nSPS) is 12.7. The molecule has 0 aliphatic carbocycles. The van der Waals surface area contributed by atoms with Gasteiger partial charge in [0.25, 0.3) is 0 Å². The van der Waals surface area contributed by atoms with Gasteiger partial charge in [-0.05, 0) is 6.07 Å². The van der Waals surface area contributed by atoms with E-state index in [9.17, 15) is 21.6 Å². The standard InChI is InChI=1S/C8H9F3N2O2S/c9-8(10,11)2-4-16(14,15)7-1-3-13-5-6(7)12/h1,3,5H,2,4,12H2. The minimum Gasteiger partial charge on any atom is -0.396 e. The molecule has 1 aromatic rings. The molecule has 0 unspecified atom stereocenters. The quantitative estimate of drug-likeness (QED) is 0.884. The number of anilines is 1. The maximum Gasteiger partial charge on any atom is 0.390 e. The van der Waals surface area contributed by atoms with E-state index in [4.69, 9.17) is 5.73 Å². The first-order chi connectivity index (χ1) is 7.22. The molecule has 8 heteroatoms. The molecule has 0 amide bonds. The molecule has 1 aromatic heterocycles. The lowest BCUT2D eigenvalue weighted by Gasteiger charge is -2.08. The molecule has 16 heavy (non-hydrogen) atoms. The number of nitrogen functional groups attached to an aromatic ring is 1. The lowest BCUT2D eigenvalue weighted by molar-refractivity contribution is -0.129. The summed E-state index contributed by atoms with van der Waals surface area (Å²) in [6.45, 7) is 0. The van der Waals surface area contributed by atoms with Crippen LogP contribution in [0.4, 0.5) is 18.9 Å². The second-order valence-electron chi connectivity index (χ2n) is 3.10. The molecule has 0 fully saturated rings. The van der Waals surface area contributed by atoms with E-state index >= 15 is 0 Å². The van der Waals surface area contributed by atoms with Gasteiger partial charge in [0.15, 0.2) is 9.84 Å². The average Bonchev–Trinajstić information content (AvgIpc) is 2.14. The van der Waals surface area contributed by atoms with Gasteiger partial charge in [-0.25, -0.2) is 8.42 Å². The summed E-state index contributed by atoms with van der Waals surface area (Å²) >= 11 is 0. The Morgan fingerprint density at radius 3 is 2.50 bits per heavy atom. The number of nitrogens with two attached hydrogens (primary N) is 1. The van der Waals surface area contributed by atoms with Crippen LogP contribution in [0.25, 0.3) is 0 Å². The molecule has 0 radical (unpaired) electrons. The smallest absolute Gasteiger partial charge is 0.390 e. The monoisotopic (exact) mass is 254 g/mol. The molecule has 0 aliphatic rings. The van der Waals surface area contributed by atoms with E-state index in [1.165, 1.54) is 0 Å². The van der Waals surface area contributed by atoms with Crippen molar-refractivity contribution in [1.29, 1.82) is 0 Å². The summed E-state index contributed by atoms with van der Waals surface area (Å²) in [5.41, 5.74) is 5.17. The first kappa shape index (κ1) is 12.8. The van der Waals surface area contributed by atoms with Gasteiger partial charge in [-0.15, -0.1) is 0 Å². The summed E-state index contributed by atoms with van der Waals surface area (Å²) < 4.78 is 58.7. The second-order valence-corrected chi connectivity index (χ2v) is 5.18. The minimum atomic E-state index is -4.51. The van der Waals surface area contributed by atoms with E-state index in [0.717, 1.165) is 18.5 Å². The highest BCUT2D eigenvalue weighted by Crippen LogP contribution is 2.24. The molecule has 0 bridgehead atoms. The topological polar surface area (TPSA) is 73.0 Å². The third-order valence-electron chi connectivity index (χ3n) is 1.80. The van der Waals surface area contributed by atoms with Crippen LogP contribution in [-0.2, 0) is 9.84 Å². The van der Waals surface area contributed by atoms with Gasteiger partial charge in [0, 0.05) is 6.20 Å². The van der Waals surface area contributed by atoms with E-state index < -0.39 is 28.2 Å². The summed E-state index contributed by atoms with van der Waals surface area (Å²) in [5.74, 6) is -1.01. The van der Waals surface area contributed by atoms with Gasteiger partial charge in [-0.3, -0.25) is 4.98 Å². The molecule has 4 nitrogen and oxygen atoms in total. The van der Waals surface area contributed by atoms with Crippen molar-refractivity contribution in [3.63, 3.8) is 0 Å². The number of alkyl halides is 3. The Labute approximate surface area is 90.2 Å². The van der Waals surface area contributed by atoms with Gasteiger partial charge < -0.3 is 5.73 Å². The molecule has 0 atom stereocenters. The number of sulfone groups is 1. The second kappa shape index (κ2) is 4.28. The van der Waals surface area contributed by atoms with E-state index in [0.29, 0.717) is 0 Å². The average molecular weight is 254 g/mol. The summed E-state index contributed by atoms with van der Waals surface area (Å²) in [4.78, 5) is 3.24. The Bertz CT molecular complexity index is 470. The Kier molecular flexibility index (Phi) is 3.41. The van der Waals surface area contributed by atoms with Crippen LogP contribution in [0.3, 0.4) is 0 Å². The molecule has 1 rings (SSSR count). The van der Waals surface area contributed by atoms with E-state index in [1.54, 1.807) is 0 Å². The summed E-state index contributed by atoms with van der Waals surface area (Å²) in [6.07, 6.45) is -3.65. The highest BCUT2D eigenvalue weighted by Gasteiger charge is 2.31. The molecule has 0 aromatic carbocycles. The zero-order valence-corrected chi connectivity index (χ0v) is 8.85. The van der Waals surface area contributed by atoms with Crippen LogP contribution < -0.4 is 5.73 Å². The number of hydrogen-bond acceptors (Lipinski definition) is 4. The lowest BCUT2D eigenvalue weighted by Crippen LogP contribution is -2.17. The fourth-order valence-electron chi connectivity index (χ4n) is 1.04. The van der Waals surface area contributed by atoms with Crippen molar-refractivity contribution in [2.45, 2.75) is 17.5 Å². The number of nitrogens with zero attached hydrogens (tertiary/aromatic N) is 1. The van der Waals surface area contributed by atoms with Gasteiger partial charge in [-0.1, -0.05) is 0 Å². The van der Waals surface area contributed by atoms with Crippen molar-refractivity contribution in [3.8, 4) is 0 Å². The zero-order valence-electron chi connectivity index (χ0n) is 8.03. The first-order valence-corrected chi connectivity index (χ1v) is 5.86. The predicted octanol–water partition coefficient (Wildman–Crippen LogP) is 1.39. The molecule has 90 valence electrons. The summed E-state index contributed by atoms with van der Waals surface area (Å²) in [6, 6.07) is 1.08. The van der Waals surface area contributed by atoms with Crippen molar-refractivity contribution < 1.29 is 21.6 Å². The molecule has 0 saturated carbocycles. The number of rotatable bonds is 3. The van der Waals surface area contributed by atoms with Crippen LogP contribution in [0.15, 0.2) is 23.4 Å². The number of pyridine rings is 1. The SMILES string of the molecule is Nc1cnccc1S(=O)(=O)CCC(F)(F)F. The van der Waals surface area contributed by atoms with Crippen molar-refractivity contribution in [2.24, 2.45) is 0 Å². The molecule has 0 aliphatic heterocycles. The van der Waals surface area contributed by atoms with Gasteiger partial charge in [-0.2, -0.15) is 13.2 Å². The minimum absolute atomic E-state index is 0.148. The maximum absolute atomic E-state index is 11.9. The van der Waals surface area contributed by atoms with Crippen molar-refractivity contribution >= 4 is 15.5 Å². The van der Waals surface area contributed by atoms with Crippen molar-refractivity contribution in [3.05, 3.63) is 18.5 Å². The van der Waals surface area contributed by atoms with Gasteiger partial charge in [0.05, 0.1) is 29.0 Å². The van der Waals surface area contributed by atoms with Crippen LogP contribution in [0.1, 0.15) is 6.42 Å². The van der Waals surface area contributed by atoms with Crippen molar-refractivity contribution in [2.75, 3.05) is 11.5 Å².